The van der Waals surface area contributed by atoms with Gasteiger partial charge in [0, 0.05) is 20.3 Å². The van der Waals surface area contributed by atoms with Gasteiger partial charge in [-0.2, -0.15) is 0 Å². The Morgan fingerprint density at radius 1 is 1.45 bits per heavy atom. The summed E-state index contributed by atoms with van der Waals surface area (Å²) in [7, 11) is 1.64. The molecule has 0 fully saturated rings. The van der Waals surface area contributed by atoms with Gasteiger partial charge < -0.3 is 10.1 Å². The molecular formula is C14H21FN2O3. The molecule has 112 valence electrons. The Balaban J connectivity index is 2.86. The fourth-order valence-electron chi connectivity index (χ4n) is 1.76. The fraction of sp³-hybridized carbons (Fsp3) is 0.571. The zero-order valence-electron chi connectivity index (χ0n) is 12.3. The second-order valence-corrected chi connectivity index (χ2v) is 5.64. The fourth-order valence-corrected chi connectivity index (χ4v) is 1.76. The minimum atomic E-state index is -0.576. The monoisotopic (exact) mass is 284 g/mol. The van der Waals surface area contributed by atoms with Crippen LogP contribution in [0.2, 0.25) is 0 Å². The third kappa shape index (κ3) is 4.45. The van der Waals surface area contributed by atoms with Crippen molar-refractivity contribution in [2.45, 2.75) is 27.2 Å². The highest BCUT2D eigenvalue weighted by Crippen LogP contribution is 2.29. The molecule has 0 aliphatic heterocycles. The van der Waals surface area contributed by atoms with Crippen molar-refractivity contribution in [3.8, 4) is 0 Å². The molecule has 20 heavy (non-hydrogen) atoms. The van der Waals surface area contributed by atoms with Gasteiger partial charge in [-0.15, -0.1) is 0 Å². The van der Waals surface area contributed by atoms with E-state index in [2.05, 4.69) is 5.32 Å². The average Bonchev–Trinajstić information content (AvgIpc) is 2.37. The number of nitrogens with zero attached hydrogens (tertiary/aromatic N) is 1. The van der Waals surface area contributed by atoms with Gasteiger partial charge in [0.1, 0.15) is 11.5 Å². The lowest BCUT2D eigenvalue weighted by Crippen LogP contribution is -2.25. The second-order valence-electron chi connectivity index (χ2n) is 5.64. The Bertz CT molecular complexity index is 490. The van der Waals surface area contributed by atoms with Crippen LogP contribution in [0, 0.1) is 28.3 Å². The second kappa shape index (κ2) is 6.65. The van der Waals surface area contributed by atoms with Gasteiger partial charge in [-0.3, -0.25) is 10.1 Å². The lowest BCUT2D eigenvalue weighted by Gasteiger charge is -2.25. The molecule has 1 N–H and O–H groups in total. The van der Waals surface area contributed by atoms with E-state index in [1.807, 2.05) is 13.8 Å². The summed E-state index contributed by atoms with van der Waals surface area (Å²) in [5.74, 6) is -0.569. The number of hydrogen-bond donors (Lipinski definition) is 1. The predicted octanol–water partition coefficient (Wildman–Crippen LogP) is 3.52. The first-order valence-corrected chi connectivity index (χ1v) is 6.44. The van der Waals surface area contributed by atoms with E-state index in [0.717, 1.165) is 12.5 Å². The summed E-state index contributed by atoms with van der Waals surface area (Å²) < 4.78 is 18.5. The van der Waals surface area contributed by atoms with Crippen molar-refractivity contribution in [1.29, 1.82) is 0 Å². The largest absolute Gasteiger partial charge is 0.385 e. The van der Waals surface area contributed by atoms with Crippen molar-refractivity contribution >= 4 is 11.4 Å². The molecule has 0 unspecified atom stereocenters. The molecule has 1 rings (SSSR count). The highest BCUT2D eigenvalue weighted by molar-refractivity contribution is 5.63. The molecule has 0 bridgehead atoms. The van der Waals surface area contributed by atoms with Gasteiger partial charge in [-0.25, -0.2) is 4.39 Å². The quantitative estimate of drug-likeness (QED) is 0.614. The van der Waals surface area contributed by atoms with E-state index in [4.69, 9.17) is 4.74 Å². The molecule has 0 radical (unpaired) electrons. The van der Waals surface area contributed by atoms with E-state index in [1.54, 1.807) is 14.0 Å². The number of nitro groups is 1. The smallest absolute Gasteiger partial charge is 0.295 e. The number of nitrogens with one attached hydrogen (secondary N) is 1. The van der Waals surface area contributed by atoms with Crippen molar-refractivity contribution in [2.75, 3.05) is 25.6 Å². The molecule has 0 aromatic heterocycles. The third-order valence-corrected chi connectivity index (χ3v) is 3.21. The van der Waals surface area contributed by atoms with Crippen LogP contribution in [0.5, 0.6) is 0 Å². The van der Waals surface area contributed by atoms with Crippen LogP contribution in [0.1, 0.15) is 25.8 Å². The molecule has 5 nitrogen and oxygen atoms in total. The van der Waals surface area contributed by atoms with Crippen molar-refractivity contribution in [3.63, 3.8) is 0 Å². The molecule has 6 heteroatoms. The predicted molar refractivity (Wildman–Crippen MR) is 76.6 cm³/mol. The van der Waals surface area contributed by atoms with Gasteiger partial charge in [0.25, 0.3) is 5.69 Å². The molecular weight excluding hydrogens is 263 g/mol. The zero-order chi connectivity index (χ0) is 15.3. The maximum absolute atomic E-state index is 13.4. The summed E-state index contributed by atoms with van der Waals surface area (Å²) in [4.78, 5) is 10.4. The summed E-state index contributed by atoms with van der Waals surface area (Å²) in [6, 6.07) is 2.43. The number of aryl methyl sites for hydroxylation is 1. The Hall–Kier alpha value is -1.69. The van der Waals surface area contributed by atoms with Gasteiger partial charge >= 0.3 is 0 Å². The number of halogens is 1. The van der Waals surface area contributed by atoms with Gasteiger partial charge in [0.2, 0.25) is 0 Å². The minimum absolute atomic E-state index is 0.0772. The Morgan fingerprint density at radius 3 is 2.65 bits per heavy atom. The van der Waals surface area contributed by atoms with Crippen LogP contribution in [-0.2, 0) is 4.74 Å². The molecule has 0 heterocycles. The van der Waals surface area contributed by atoms with Crippen LogP contribution in [-0.4, -0.2) is 25.2 Å². The molecule has 1 aromatic rings. The molecule has 0 saturated heterocycles. The highest BCUT2D eigenvalue weighted by atomic mass is 19.1. The summed E-state index contributed by atoms with van der Waals surface area (Å²) in [5, 5.41) is 14.0. The standard InChI is InChI=1S/C14H21FN2O3/c1-10-7-12(13(17(18)19)8-11(10)15)16-9-14(2,3)5-6-20-4/h7-8,16H,5-6,9H2,1-4H3. The number of nitro benzene ring substituents is 1. The van der Waals surface area contributed by atoms with Crippen LogP contribution in [0.3, 0.4) is 0 Å². The van der Waals surface area contributed by atoms with E-state index < -0.39 is 10.7 Å². The van der Waals surface area contributed by atoms with Crippen LogP contribution < -0.4 is 5.32 Å². The van der Waals surface area contributed by atoms with E-state index in [0.29, 0.717) is 24.4 Å². The zero-order valence-corrected chi connectivity index (χ0v) is 12.3. The number of methoxy groups -OCH3 is 1. The van der Waals surface area contributed by atoms with Crippen LogP contribution >= 0.6 is 0 Å². The first-order chi connectivity index (χ1) is 9.26. The van der Waals surface area contributed by atoms with Crippen molar-refractivity contribution in [1.82, 2.24) is 0 Å². The van der Waals surface area contributed by atoms with Crippen LogP contribution in [0.15, 0.2) is 12.1 Å². The minimum Gasteiger partial charge on any atom is -0.385 e. The number of ether oxygens (including phenoxy) is 1. The van der Waals surface area contributed by atoms with E-state index in [1.165, 1.54) is 6.07 Å². The lowest BCUT2D eigenvalue weighted by molar-refractivity contribution is -0.384. The van der Waals surface area contributed by atoms with Gasteiger partial charge in [-0.05, 0) is 30.4 Å². The van der Waals surface area contributed by atoms with Gasteiger partial charge in [0.15, 0.2) is 0 Å². The Morgan fingerprint density at radius 2 is 2.10 bits per heavy atom. The van der Waals surface area contributed by atoms with Crippen molar-refractivity contribution < 1.29 is 14.1 Å². The summed E-state index contributed by atoms with van der Waals surface area (Å²) in [6.07, 6.45) is 0.824. The van der Waals surface area contributed by atoms with Gasteiger partial charge in [0.05, 0.1) is 11.0 Å². The normalized spacial score (nSPS) is 11.4. The molecule has 0 saturated carbocycles. The Labute approximate surface area is 118 Å². The van der Waals surface area contributed by atoms with Crippen molar-refractivity contribution in [2.24, 2.45) is 5.41 Å². The van der Waals surface area contributed by atoms with Gasteiger partial charge in [-0.1, -0.05) is 13.8 Å². The molecule has 0 aliphatic carbocycles. The SMILES string of the molecule is COCCC(C)(C)CNc1cc(C)c(F)cc1[N+](=O)[O-]. The first kappa shape index (κ1) is 16.4. The van der Waals surface area contributed by atoms with Crippen LogP contribution in [0.4, 0.5) is 15.8 Å². The highest BCUT2D eigenvalue weighted by Gasteiger charge is 2.21. The van der Waals surface area contributed by atoms with E-state index in [9.17, 15) is 14.5 Å². The van der Waals surface area contributed by atoms with E-state index in [-0.39, 0.29) is 11.1 Å². The maximum atomic E-state index is 13.4. The molecule has 0 spiro atoms. The first-order valence-electron chi connectivity index (χ1n) is 6.44. The molecule has 0 aliphatic rings. The summed E-state index contributed by atoms with van der Waals surface area (Å²) in [5.41, 5.74) is 0.412. The van der Waals surface area contributed by atoms with E-state index >= 15 is 0 Å². The number of anilines is 1. The lowest BCUT2D eigenvalue weighted by atomic mass is 9.89. The average molecular weight is 284 g/mol. The number of hydrogen-bond acceptors (Lipinski definition) is 4. The third-order valence-electron chi connectivity index (χ3n) is 3.21. The van der Waals surface area contributed by atoms with Crippen LogP contribution in [0.25, 0.3) is 0 Å². The number of rotatable bonds is 7. The topological polar surface area (TPSA) is 64.4 Å². The molecule has 1 aromatic carbocycles. The molecule has 0 atom stereocenters. The molecule has 0 amide bonds. The maximum Gasteiger partial charge on any atom is 0.295 e. The summed E-state index contributed by atoms with van der Waals surface area (Å²) in [6.45, 7) is 6.84. The number of benzene rings is 1. The Kier molecular flexibility index (Phi) is 5.44. The van der Waals surface area contributed by atoms with Crippen molar-refractivity contribution in [3.05, 3.63) is 33.6 Å². The summed E-state index contributed by atoms with van der Waals surface area (Å²) >= 11 is 0.